The van der Waals surface area contributed by atoms with Gasteiger partial charge in [-0.25, -0.2) is 20.7 Å². The number of carbonyl (C=O) groups excluding carboxylic acids is 1. The fraction of sp³-hybridized carbons (Fsp3) is 0.222. The average molecular weight is 371 g/mol. The maximum Gasteiger partial charge on any atom is 0.270 e. The number of benzene rings is 2. The molecule has 0 aromatic heterocycles. The van der Waals surface area contributed by atoms with Crippen LogP contribution >= 0.6 is 0 Å². The Labute approximate surface area is 154 Å². The highest BCUT2D eigenvalue weighted by atomic mass is 19.1. The quantitative estimate of drug-likeness (QED) is 0.424. The van der Waals surface area contributed by atoms with Gasteiger partial charge >= 0.3 is 0 Å². The molecule has 1 saturated heterocycles. The predicted molar refractivity (Wildman–Crippen MR) is 97.3 cm³/mol. The van der Waals surface area contributed by atoms with Crippen LogP contribution in [0.2, 0.25) is 0 Å². The van der Waals surface area contributed by atoms with E-state index in [-0.39, 0.29) is 23.5 Å². The molecule has 27 heavy (non-hydrogen) atoms. The fourth-order valence-corrected chi connectivity index (χ4v) is 2.77. The predicted octanol–water partition coefficient (Wildman–Crippen LogP) is 2.18. The van der Waals surface area contributed by atoms with Crippen molar-refractivity contribution in [2.75, 3.05) is 0 Å². The number of nitrogens with zero attached hydrogens (tertiary/aromatic N) is 2. The van der Waals surface area contributed by atoms with Gasteiger partial charge in [0, 0.05) is 23.7 Å². The van der Waals surface area contributed by atoms with Gasteiger partial charge in [-0.05, 0) is 31.0 Å². The van der Waals surface area contributed by atoms with Crippen molar-refractivity contribution in [3.8, 4) is 0 Å². The van der Waals surface area contributed by atoms with E-state index in [4.69, 9.17) is 0 Å². The van der Waals surface area contributed by atoms with Gasteiger partial charge in [-0.2, -0.15) is 5.10 Å². The fourth-order valence-electron chi connectivity index (χ4n) is 2.77. The largest absolute Gasteiger partial charge is 0.271 e. The highest BCUT2D eigenvalue weighted by Crippen LogP contribution is 2.22. The smallest absolute Gasteiger partial charge is 0.270 e. The molecule has 2 aromatic carbocycles. The first-order valence-electron chi connectivity index (χ1n) is 8.29. The van der Waals surface area contributed by atoms with E-state index >= 15 is 0 Å². The molecule has 1 aliphatic rings. The Morgan fingerprint density at radius 2 is 2.00 bits per heavy atom. The number of hydrazone groups is 1. The molecule has 3 N–H and O–H groups in total. The highest BCUT2D eigenvalue weighted by Gasteiger charge is 2.30. The van der Waals surface area contributed by atoms with E-state index in [0.717, 1.165) is 5.56 Å². The number of hydrogen-bond acceptors (Lipinski definition) is 6. The van der Waals surface area contributed by atoms with E-state index in [0.29, 0.717) is 17.7 Å². The summed E-state index contributed by atoms with van der Waals surface area (Å²) in [6, 6.07) is 11.5. The minimum atomic E-state index is -0.512. The van der Waals surface area contributed by atoms with E-state index in [2.05, 4.69) is 21.4 Å². The maximum absolute atomic E-state index is 13.0. The summed E-state index contributed by atoms with van der Waals surface area (Å²) in [5.74, 6) is -0.651. The summed E-state index contributed by atoms with van der Waals surface area (Å²) >= 11 is 0. The van der Waals surface area contributed by atoms with Gasteiger partial charge in [-0.1, -0.05) is 24.3 Å². The van der Waals surface area contributed by atoms with Crippen LogP contribution in [0.15, 0.2) is 53.6 Å². The standard InChI is InChI=1S/C18H18FN5O3/c1-11(13-3-2-4-15(9-13)24(26)27)20-23-18(25)17-10-16(21-22-17)12-5-7-14(19)8-6-12/h2-9,16-17,21-22H,10H2,1H3,(H,23,25)/b20-11+. The zero-order chi connectivity index (χ0) is 19.4. The Balaban J connectivity index is 1.60. The molecule has 140 valence electrons. The number of hydrogen-bond donors (Lipinski definition) is 3. The van der Waals surface area contributed by atoms with Crippen LogP contribution in [0, 0.1) is 15.9 Å². The SMILES string of the molecule is C/C(=N\NC(=O)C1CC(c2ccc(F)cc2)NN1)c1cccc([N+](=O)[O-])c1. The number of nitro groups is 1. The van der Waals surface area contributed by atoms with Crippen LogP contribution in [0.4, 0.5) is 10.1 Å². The van der Waals surface area contributed by atoms with Crippen molar-refractivity contribution < 1.29 is 14.1 Å². The lowest BCUT2D eigenvalue weighted by Gasteiger charge is -2.09. The average Bonchev–Trinajstić information content (AvgIpc) is 3.16. The van der Waals surface area contributed by atoms with Gasteiger partial charge in [0.25, 0.3) is 11.6 Å². The summed E-state index contributed by atoms with van der Waals surface area (Å²) in [6.07, 6.45) is 0.475. The summed E-state index contributed by atoms with van der Waals surface area (Å²) < 4.78 is 13.0. The van der Waals surface area contributed by atoms with Crippen molar-refractivity contribution >= 4 is 17.3 Å². The molecule has 2 unspecified atom stereocenters. The first-order chi connectivity index (χ1) is 12.9. The number of carbonyl (C=O) groups is 1. The summed E-state index contributed by atoms with van der Waals surface area (Å²) in [4.78, 5) is 22.7. The van der Waals surface area contributed by atoms with Crippen LogP contribution in [0.3, 0.4) is 0 Å². The summed E-state index contributed by atoms with van der Waals surface area (Å²) in [7, 11) is 0. The molecular formula is C18H18FN5O3. The van der Waals surface area contributed by atoms with Crippen molar-refractivity contribution in [3.05, 3.63) is 75.6 Å². The third kappa shape index (κ3) is 4.52. The minimum Gasteiger partial charge on any atom is -0.271 e. The van der Waals surface area contributed by atoms with E-state index in [9.17, 15) is 19.3 Å². The second kappa shape index (κ2) is 8.02. The Bertz CT molecular complexity index is 885. The highest BCUT2D eigenvalue weighted by molar-refractivity contribution is 5.99. The number of hydrazine groups is 1. The molecule has 0 aliphatic carbocycles. The number of halogens is 1. The zero-order valence-electron chi connectivity index (χ0n) is 14.5. The van der Waals surface area contributed by atoms with Crippen molar-refractivity contribution in [1.82, 2.24) is 16.3 Å². The van der Waals surface area contributed by atoms with Gasteiger partial charge in [0.15, 0.2) is 0 Å². The molecule has 1 heterocycles. The normalized spacial score (nSPS) is 19.7. The van der Waals surface area contributed by atoms with E-state index < -0.39 is 11.0 Å². The van der Waals surface area contributed by atoms with Gasteiger partial charge in [0.2, 0.25) is 0 Å². The van der Waals surface area contributed by atoms with E-state index in [1.165, 1.54) is 24.3 Å². The van der Waals surface area contributed by atoms with E-state index in [1.807, 2.05) is 0 Å². The molecule has 1 fully saturated rings. The van der Waals surface area contributed by atoms with Gasteiger partial charge in [0.1, 0.15) is 11.9 Å². The molecule has 0 saturated carbocycles. The second-order valence-corrected chi connectivity index (χ2v) is 6.16. The molecule has 9 heteroatoms. The van der Waals surface area contributed by atoms with Crippen LogP contribution in [-0.2, 0) is 4.79 Å². The number of nitro benzene ring substituents is 1. The molecule has 8 nitrogen and oxygen atoms in total. The lowest BCUT2D eigenvalue weighted by Crippen LogP contribution is -2.41. The summed E-state index contributed by atoms with van der Waals surface area (Å²) in [5.41, 5.74) is 10.2. The lowest BCUT2D eigenvalue weighted by molar-refractivity contribution is -0.384. The molecular weight excluding hydrogens is 353 g/mol. The Morgan fingerprint density at radius 3 is 2.70 bits per heavy atom. The second-order valence-electron chi connectivity index (χ2n) is 6.16. The molecule has 1 amide bonds. The molecule has 1 aliphatic heterocycles. The molecule has 0 radical (unpaired) electrons. The first kappa shape index (κ1) is 18.6. The minimum absolute atomic E-state index is 0.0443. The molecule has 2 atom stereocenters. The first-order valence-corrected chi connectivity index (χ1v) is 8.29. The van der Waals surface area contributed by atoms with Crippen LogP contribution in [-0.4, -0.2) is 22.6 Å². The van der Waals surface area contributed by atoms with Crippen molar-refractivity contribution in [1.29, 1.82) is 0 Å². The van der Waals surface area contributed by atoms with Crippen LogP contribution in [0.25, 0.3) is 0 Å². The van der Waals surface area contributed by atoms with Gasteiger partial charge in [-0.15, -0.1) is 0 Å². The molecule has 0 spiro atoms. The summed E-state index contributed by atoms with van der Waals surface area (Å²) in [5, 5.41) is 14.9. The van der Waals surface area contributed by atoms with Crippen LogP contribution in [0.1, 0.15) is 30.5 Å². The summed E-state index contributed by atoms with van der Waals surface area (Å²) in [6.45, 7) is 1.65. The van der Waals surface area contributed by atoms with Gasteiger partial charge in [0.05, 0.1) is 10.6 Å². The lowest BCUT2D eigenvalue weighted by atomic mass is 10.0. The van der Waals surface area contributed by atoms with Crippen LogP contribution in [0.5, 0.6) is 0 Å². The van der Waals surface area contributed by atoms with Gasteiger partial charge in [-0.3, -0.25) is 14.9 Å². The topological polar surface area (TPSA) is 109 Å². The number of nitrogens with one attached hydrogen (secondary N) is 3. The van der Waals surface area contributed by atoms with Gasteiger partial charge < -0.3 is 0 Å². The zero-order valence-corrected chi connectivity index (χ0v) is 14.5. The number of amides is 1. The van der Waals surface area contributed by atoms with Crippen molar-refractivity contribution in [2.45, 2.75) is 25.4 Å². The third-order valence-electron chi connectivity index (χ3n) is 4.30. The Morgan fingerprint density at radius 1 is 1.26 bits per heavy atom. The monoisotopic (exact) mass is 371 g/mol. The molecule has 2 aromatic rings. The van der Waals surface area contributed by atoms with Crippen molar-refractivity contribution in [3.63, 3.8) is 0 Å². The number of non-ortho nitro benzene ring substituents is 1. The Hall–Kier alpha value is -3.17. The third-order valence-corrected chi connectivity index (χ3v) is 4.30. The Kier molecular flexibility index (Phi) is 5.53. The van der Waals surface area contributed by atoms with Crippen LogP contribution < -0.4 is 16.3 Å². The number of rotatable bonds is 5. The molecule has 0 bridgehead atoms. The van der Waals surface area contributed by atoms with Crippen molar-refractivity contribution in [2.24, 2.45) is 5.10 Å². The molecule has 3 rings (SSSR count). The maximum atomic E-state index is 13.0. The van der Waals surface area contributed by atoms with E-state index in [1.54, 1.807) is 31.2 Å².